The summed E-state index contributed by atoms with van der Waals surface area (Å²) in [6.07, 6.45) is 1.99. The van der Waals surface area contributed by atoms with Crippen LogP contribution in [0.4, 0.5) is 5.69 Å². The third kappa shape index (κ3) is 7.43. The fourth-order valence-electron chi connectivity index (χ4n) is 1.93. The lowest BCUT2D eigenvalue weighted by molar-refractivity contribution is 0.0702. The highest BCUT2D eigenvalue weighted by Crippen LogP contribution is 2.20. The zero-order valence-electron chi connectivity index (χ0n) is 14.0. The summed E-state index contributed by atoms with van der Waals surface area (Å²) in [6.45, 7) is 6.99. The van der Waals surface area contributed by atoms with Crippen molar-refractivity contribution < 1.29 is 9.47 Å². The summed E-state index contributed by atoms with van der Waals surface area (Å²) in [7, 11) is 1.66. The predicted octanol–water partition coefficient (Wildman–Crippen LogP) is 2.98. The summed E-state index contributed by atoms with van der Waals surface area (Å²) < 4.78 is 10.3. The van der Waals surface area contributed by atoms with Gasteiger partial charge < -0.3 is 20.5 Å². The molecule has 1 aromatic rings. The molecule has 1 rings (SSSR count). The largest absolute Gasteiger partial charge is 0.382 e. The number of hydrogen-bond donors (Lipinski definition) is 2. The number of nitrogens with zero attached hydrogens (tertiary/aromatic N) is 1. The van der Waals surface area contributed by atoms with E-state index in [9.17, 15) is 0 Å². The second-order valence-corrected chi connectivity index (χ2v) is 5.28. The summed E-state index contributed by atoms with van der Waals surface area (Å²) in [6, 6.07) is 8.34. The van der Waals surface area contributed by atoms with E-state index in [0.717, 1.165) is 18.5 Å². The fraction of sp³-hybridized carbons (Fsp3) is 0.588. The Morgan fingerprint density at radius 2 is 1.95 bits per heavy atom. The normalized spacial score (nSPS) is 13.1. The van der Waals surface area contributed by atoms with E-state index in [1.807, 2.05) is 12.1 Å². The molecule has 0 saturated heterocycles. The van der Waals surface area contributed by atoms with Crippen molar-refractivity contribution >= 4 is 11.6 Å². The number of ether oxygens (including phenoxy) is 2. The first-order chi connectivity index (χ1) is 10.7. The van der Waals surface area contributed by atoms with Gasteiger partial charge in [0.2, 0.25) is 0 Å². The molecule has 1 unspecified atom stereocenters. The number of rotatable bonds is 10. The van der Waals surface area contributed by atoms with E-state index in [-0.39, 0.29) is 0 Å². The highest BCUT2D eigenvalue weighted by molar-refractivity contribution is 5.92. The van der Waals surface area contributed by atoms with Gasteiger partial charge in [-0.15, -0.1) is 0 Å². The molecule has 5 heteroatoms. The number of benzene rings is 1. The maximum Gasteiger partial charge on any atom is 0.193 e. The van der Waals surface area contributed by atoms with Crippen molar-refractivity contribution in [1.82, 2.24) is 0 Å². The number of guanidine groups is 1. The minimum Gasteiger partial charge on any atom is -0.382 e. The molecular weight excluding hydrogens is 278 g/mol. The Kier molecular flexibility index (Phi) is 9.26. The summed E-state index contributed by atoms with van der Waals surface area (Å²) in [5.74, 6) is 1.02. The number of nitrogens with one attached hydrogen (secondary N) is 1. The highest BCUT2D eigenvalue weighted by atomic mass is 16.5. The molecule has 1 atom stereocenters. The number of hydrogen-bond acceptors (Lipinski definition) is 3. The molecule has 0 aromatic heterocycles. The molecule has 0 radical (unpaired) electrons. The zero-order chi connectivity index (χ0) is 16.2. The van der Waals surface area contributed by atoms with E-state index in [4.69, 9.17) is 15.2 Å². The van der Waals surface area contributed by atoms with Gasteiger partial charge in [-0.05, 0) is 36.5 Å². The van der Waals surface area contributed by atoms with Crippen LogP contribution in [0.2, 0.25) is 0 Å². The number of anilines is 1. The zero-order valence-corrected chi connectivity index (χ0v) is 14.0. The third-order valence-corrected chi connectivity index (χ3v) is 3.53. The van der Waals surface area contributed by atoms with Crippen LogP contribution in [0.3, 0.4) is 0 Å². The molecule has 0 heterocycles. The van der Waals surface area contributed by atoms with Crippen LogP contribution in [-0.2, 0) is 9.47 Å². The fourth-order valence-corrected chi connectivity index (χ4v) is 1.93. The quantitative estimate of drug-likeness (QED) is 0.396. The van der Waals surface area contributed by atoms with E-state index < -0.39 is 0 Å². The summed E-state index contributed by atoms with van der Waals surface area (Å²) in [4.78, 5) is 4.28. The Morgan fingerprint density at radius 1 is 1.23 bits per heavy atom. The van der Waals surface area contributed by atoms with Crippen molar-refractivity contribution in [2.75, 3.05) is 38.8 Å². The maximum atomic E-state index is 5.87. The molecule has 3 N–H and O–H groups in total. The standard InChI is InChI=1S/C17H29N3O2/c1-4-14(2)15-6-8-16(9-7-15)20-17(18)19-10-5-11-22-13-12-21-3/h6-9,14H,4-5,10-13H2,1-3H3,(H3,18,19,20). The second kappa shape index (κ2) is 11.0. The first-order valence-corrected chi connectivity index (χ1v) is 7.91. The average Bonchev–Trinajstić information content (AvgIpc) is 2.54. The molecule has 0 bridgehead atoms. The molecule has 5 nitrogen and oxygen atoms in total. The molecule has 0 amide bonds. The lowest BCUT2D eigenvalue weighted by Crippen LogP contribution is -2.23. The van der Waals surface area contributed by atoms with Crippen molar-refractivity contribution in [2.24, 2.45) is 10.7 Å². The summed E-state index contributed by atoms with van der Waals surface area (Å²) in [5, 5.41) is 3.10. The van der Waals surface area contributed by atoms with Crippen LogP contribution >= 0.6 is 0 Å². The summed E-state index contributed by atoms with van der Waals surface area (Å²) >= 11 is 0. The highest BCUT2D eigenvalue weighted by Gasteiger charge is 2.02. The molecule has 0 spiro atoms. The van der Waals surface area contributed by atoms with Crippen molar-refractivity contribution in [3.8, 4) is 0 Å². The van der Waals surface area contributed by atoms with E-state index in [1.165, 1.54) is 5.56 Å². The monoisotopic (exact) mass is 307 g/mol. The first-order valence-electron chi connectivity index (χ1n) is 7.91. The minimum atomic E-state index is 0.438. The van der Waals surface area contributed by atoms with E-state index in [1.54, 1.807) is 7.11 Å². The Bertz CT molecular complexity index is 432. The first kappa shape index (κ1) is 18.5. The minimum absolute atomic E-state index is 0.438. The van der Waals surface area contributed by atoms with E-state index >= 15 is 0 Å². The molecule has 0 fully saturated rings. The van der Waals surface area contributed by atoms with Crippen LogP contribution in [0.25, 0.3) is 0 Å². The lowest BCUT2D eigenvalue weighted by atomic mass is 9.99. The van der Waals surface area contributed by atoms with Gasteiger partial charge in [-0.2, -0.15) is 0 Å². The lowest BCUT2D eigenvalue weighted by Gasteiger charge is -2.10. The molecule has 0 saturated carbocycles. The van der Waals surface area contributed by atoms with Gasteiger partial charge in [0.1, 0.15) is 0 Å². The third-order valence-electron chi connectivity index (χ3n) is 3.53. The predicted molar refractivity (Wildman–Crippen MR) is 92.6 cm³/mol. The van der Waals surface area contributed by atoms with Crippen LogP contribution in [-0.4, -0.2) is 39.4 Å². The molecule has 0 aliphatic heterocycles. The molecule has 124 valence electrons. The van der Waals surface area contributed by atoms with Gasteiger partial charge in [-0.3, -0.25) is 4.99 Å². The SMILES string of the molecule is CCC(C)c1ccc(NC(N)=NCCCOCCOC)cc1. The Hall–Kier alpha value is -1.59. The smallest absolute Gasteiger partial charge is 0.193 e. The van der Waals surface area contributed by atoms with Gasteiger partial charge in [-0.1, -0.05) is 26.0 Å². The van der Waals surface area contributed by atoms with Gasteiger partial charge in [-0.25, -0.2) is 0 Å². The number of nitrogens with two attached hydrogens (primary N) is 1. The van der Waals surface area contributed by atoms with Crippen molar-refractivity contribution in [3.05, 3.63) is 29.8 Å². The van der Waals surface area contributed by atoms with Crippen molar-refractivity contribution in [2.45, 2.75) is 32.6 Å². The van der Waals surface area contributed by atoms with Crippen LogP contribution < -0.4 is 11.1 Å². The van der Waals surface area contributed by atoms with Crippen molar-refractivity contribution in [1.29, 1.82) is 0 Å². The number of aliphatic imine (C=N–C) groups is 1. The maximum absolute atomic E-state index is 5.87. The number of methoxy groups -OCH3 is 1. The Balaban J connectivity index is 2.28. The Morgan fingerprint density at radius 3 is 2.59 bits per heavy atom. The van der Waals surface area contributed by atoms with E-state index in [0.29, 0.717) is 38.2 Å². The average molecular weight is 307 g/mol. The van der Waals surface area contributed by atoms with E-state index in [2.05, 4.69) is 36.3 Å². The summed E-state index contributed by atoms with van der Waals surface area (Å²) in [5.41, 5.74) is 8.18. The van der Waals surface area contributed by atoms with Crippen LogP contribution in [0.5, 0.6) is 0 Å². The second-order valence-electron chi connectivity index (χ2n) is 5.28. The van der Waals surface area contributed by atoms with Gasteiger partial charge in [0.05, 0.1) is 13.2 Å². The molecule has 1 aromatic carbocycles. The van der Waals surface area contributed by atoms with Crippen LogP contribution in [0.15, 0.2) is 29.3 Å². The topological polar surface area (TPSA) is 68.9 Å². The van der Waals surface area contributed by atoms with Gasteiger partial charge in [0.15, 0.2) is 5.96 Å². The molecule has 0 aliphatic carbocycles. The van der Waals surface area contributed by atoms with Crippen LogP contribution in [0.1, 0.15) is 38.2 Å². The van der Waals surface area contributed by atoms with Gasteiger partial charge >= 0.3 is 0 Å². The Labute approximate surface area is 133 Å². The molecule has 22 heavy (non-hydrogen) atoms. The van der Waals surface area contributed by atoms with Crippen LogP contribution in [0, 0.1) is 0 Å². The molecular formula is C17H29N3O2. The van der Waals surface area contributed by atoms with Gasteiger partial charge in [0, 0.05) is 25.9 Å². The molecule has 0 aliphatic rings. The van der Waals surface area contributed by atoms with Crippen molar-refractivity contribution in [3.63, 3.8) is 0 Å². The van der Waals surface area contributed by atoms with Gasteiger partial charge in [0.25, 0.3) is 0 Å².